The zero-order valence-electron chi connectivity index (χ0n) is 16.5. The van der Waals surface area contributed by atoms with Crippen LogP contribution in [0.5, 0.6) is 0 Å². The molecule has 0 spiro atoms. The van der Waals surface area contributed by atoms with Crippen LogP contribution >= 0.6 is 0 Å². The zero-order chi connectivity index (χ0) is 19.3. The molecule has 2 heterocycles. The molecule has 1 aliphatic carbocycles. The number of nitrogens with zero attached hydrogens (tertiary/aromatic N) is 3. The maximum absolute atomic E-state index is 12.7. The van der Waals surface area contributed by atoms with E-state index in [1.807, 2.05) is 23.1 Å². The van der Waals surface area contributed by atoms with Crippen molar-refractivity contribution in [3.63, 3.8) is 0 Å². The molecule has 1 aromatic heterocycles. The lowest BCUT2D eigenvalue weighted by Gasteiger charge is -2.17. The minimum absolute atomic E-state index is 0.199. The molecule has 28 heavy (non-hydrogen) atoms. The number of amides is 2. The van der Waals surface area contributed by atoms with E-state index in [2.05, 4.69) is 16.0 Å². The first-order chi connectivity index (χ1) is 13.7. The number of fused-ring (bicyclic) bond motifs is 1. The number of hydrogen-bond donors (Lipinski definition) is 1. The van der Waals surface area contributed by atoms with E-state index in [1.165, 1.54) is 0 Å². The average Bonchev–Trinajstić information content (AvgIpc) is 3.30. The highest BCUT2D eigenvalue weighted by Crippen LogP contribution is 2.28. The van der Waals surface area contributed by atoms with Crippen LogP contribution in [-0.2, 0) is 22.6 Å². The molecule has 0 bridgehead atoms. The number of benzene rings is 1. The average molecular weight is 383 g/mol. The molecule has 6 heteroatoms. The largest absolute Gasteiger partial charge is 0.356 e. The number of aromatic nitrogens is 2. The molecule has 4 rings (SSSR count). The number of hydrogen-bond acceptors (Lipinski definition) is 3. The first kappa shape index (κ1) is 19.0. The van der Waals surface area contributed by atoms with Crippen LogP contribution in [0, 0.1) is 5.92 Å². The van der Waals surface area contributed by atoms with Gasteiger partial charge in [-0.1, -0.05) is 18.6 Å². The van der Waals surface area contributed by atoms with Gasteiger partial charge in [-0.2, -0.15) is 0 Å². The van der Waals surface area contributed by atoms with E-state index in [4.69, 9.17) is 4.98 Å². The summed E-state index contributed by atoms with van der Waals surface area (Å²) in [4.78, 5) is 31.1. The summed E-state index contributed by atoms with van der Waals surface area (Å²) < 4.78 is 2.10. The van der Waals surface area contributed by atoms with Gasteiger partial charge in [0.1, 0.15) is 12.4 Å². The molecule has 1 N–H and O–H groups in total. The van der Waals surface area contributed by atoms with Crippen molar-refractivity contribution in [1.29, 1.82) is 0 Å². The molecule has 1 aromatic carbocycles. The maximum Gasteiger partial charge on any atom is 0.242 e. The van der Waals surface area contributed by atoms with Crippen LogP contribution in [0.15, 0.2) is 24.3 Å². The molecule has 6 nitrogen and oxygen atoms in total. The number of unbranched alkanes of at least 4 members (excludes halogenated alkanes) is 2. The SMILES string of the molecule is O=C(NCCCCCc1nc2ccccc2n1CC(=O)N1CCCC1)C1CC1. The Morgan fingerprint density at radius 3 is 2.64 bits per heavy atom. The fraction of sp³-hybridized carbons (Fsp3) is 0.591. The number of para-hydroxylation sites is 2. The van der Waals surface area contributed by atoms with E-state index in [9.17, 15) is 9.59 Å². The molecule has 1 saturated heterocycles. The minimum atomic E-state index is 0.199. The van der Waals surface area contributed by atoms with Gasteiger partial charge in [-0.25, -0.2) is 4.98 Å². The number of imidazole rings is 1. The summed E-state index contributed by atoms with van der Waals surface area (Å²) in [5, 5.41) is 3.02. The second-order valence-corrected chi connectivity index (χ2v) is 8.07. The van der Waals surface area contributed by atoms with Gasteiger partial charge in [0, 0.05) is 32.0 Å². The van der Waals surface area contributed by atoms with Gasteiger partial charge in [-0.3, -0.25) is 9.59 Å². The summed E-state index contributed by atoms with van der Waals surface area (Å²) in [6.07, 6.45) is 8.25. The quantitative estimate of drug-likeness (QED) is 0.678. The molecular weight excluding hydrogens is 352 g/mol. The van der Waals surface area contributed by atoms with E-state index < -0.39 is 0 Å². The van der Waals surface area contributed by atoms with Gasteiger partial charge in [-0.05, 0) is 50.7 Å². The Morgan fingerprint density at radius 1 is 1.07 bits per heavy atom. The van der Waals surface area contributed by atoms with Gasteiger partial charge >= 0.3 is 0 Å². The number of rotatable bonds is 9. The lowest BCUT2D eigenvalue weighted by atomic mass is 10.2. The van der Waals surface area contributed by atoms with Crippen molar-refractivity contribution < 1.29 is 9.59 Å². The van der Waals surface area contributed by atoms with Crippen molar-refractivity contribution in [3.05, 3.63) is 30.1 Å². The Balaban J connectivity index is 1.33. The topological polar surface area (TPSA) is 67.2 Å². The molecule has 2 amide bonds. The van der Waals surface area contributed by atoms with Crippen LogP contribution < -0.4 is 5.32 Å². The van der Waals surface area contributed by atoms with Crippen LogP contribution in [0.4, 0.5) is 0 Å². The van der Waals surface area contributed by atoms with Gasteiger partial charge in [0.25, 0.3) is 0 Å². The number of aryl methyl sites for hydroxylation is 1. The smallest absolute Gasteiger partial charge is 0.242 e. The molecule has 1 saturated carbocycles. The van der Waals surface area contributed by atoms with Crippen molar-refractivity contribution in [2.75, 3.05) is 19.6 Å². The third-order valence-electron chi connectivity index (χ3n) is 5.81. The Bertz CT molecular complexity index is 834. The molecule has 1 aliphatic heterocycles. The Kier molecular flexibility index (Phi) is 5.93. The predicted molar refractivity (Wildman–Crippen MR) is 109 cm³/mol. The molecular formula is C22H30N4O2. The minimum Gasteiger partial charge on any atom is -0.356 e. The van der Waals surface area contributed by atoms with E-state index in [0.717, 1.165) is 87.9 Å². The van der Waals surface area contributed by atoms with Gasteiger partial charge in [0.2, 0.25) is 11.8 Å². The zero-order valence-corrected chi connectivity index (χ0v) is 16.5. The number of carbonyl (C=O) groups excluding carboxylic acids is 2. The summed E-state index contributed by atoms with van der Waals surface area (Å²) in [5.41, 5.74) is 2.00. The molecule has 0 radical (unpaired) electrons. The van der Waals surface area contributed by atoms with Crippen LogP contribution in [-0.4, -0.2) is 45.9 Å². The fourth-order valence-electron chi connectivity index (χ4n) is 3.98. The van der Waals surface area contributed by atoms with Gasteiger partial charge in [0.15, 0.2) is 0 Å². The van der Waals surface area contributed by atoms with Crippen molar-refractivity contribution in [1.82, 2.24) is 19.8 Å². The van der Waals surface area contributed by atoms with Gasteiger partial charge < -0.3 is 14.8 Å². The summed E-state index contributed by atoms with van der Waals surface area (Å²) in [6, 6.07) is 8.07. The van der Waals surface area contributed by atoms with E-state index in [0.29, 0.717) is 6.54 Å². The molecule has 0 unspecified atom stereocenters. The first-order valence-corrected chi connectivity index (χ1v) is 10.7. The third-order valence-corrected chi connectivity index (χ3v) is 5.81. The molecule has 150 valence electrons. The highest BCUT2D eigenvalue weighted by atomic mass is 16.2. The summed E-state index contributed by atoms with van der Waals surface area (Å²) in [7, 11) is 0. The lowest BCUT2D eigenvalue weighted by molar-refractivity contribution is -0.130. The van der Waals surface area contributed by atoms with Crippen LogP contribution in [0.25, 0.3) is 11.0 Å². The Morgan fingerprint density at radius 2 is 1.86 bits per heavy atom. The van der Waals surface area contributed by atoms with Gasteiger partial charge in [0.05, 0.1) is 11.0 Å². The first-order valence-electron chi connectivity index (χ1n) is 10.7. The fourth-order valence-corrected chi connectivity index (χ4v) is 3.98. The molecule has 2 aliphatic rings. The maximum atomic E-state index is 12.7. The third kappa shape index (κ3) is 4.54. The Hall–Kier alpha value is -2.37. The van der Waals surface area contributed by atoms with Crippen LogP contribution in [0.2, 0.25) is 0 Å². The van der Waals surface area contributed by atoms with Crippen molar-refractivity contribution in [3.8, 4) is 0 Å². The molecule has 0 atom stereocenters. The number of likely N-dealkylation sites (tertiary alicyclic amines) is 1. The van der Waals surface area contributed by atoms with Crippen molar-refractivity contribution in [2.45, 2.75) is 57.9 Å². The summed E-state index contributed by atoms with van der Waals surface area (Å²) >= 11 is 0. The van der Waals surface area contributed by atoms with E-state index in [1.54, 1.807) is 0 Å². The predicted octanol–water partition coefficient (Wildman–Crippen LogP) is 2.90. The standard InChI is InChI=1S/C22H30N4O2/c27-21(25-14-6-7-15-25)16-26-19-9-4-3-8-18(19)24-20(26)10-2-1-5-13-23-22(28)17-11-12-17/h3-4,8-9,17H,1-2,5-7,10-16H2,(H,23,28). The second-order valence-electron chi connectivity index (χ2n) is 8.07. The number of carbonyl (C=O) groups is 2. The normalized spacial score (nSPS) is 16.6. The monoisotopic (exact) mass is 382 g/mol. The second kappa shape index (κ2) is 8.76. The molecule has 2 fully saturated rings. The van der Waals surface area contributed by atoms with Crippen molar-refractivity contribution in [2.24, 2.45) is 5.92 Å². The molecule has 2 aromatic rings. The highest BCUT2D eigenvalue weighted by molar-refractivity contribution is 5.81. The van der Waals surface area contributed by atoms with Crippen molar-refractivity contribution >= 4 is 22.8 Å². The summed E-state index contributed by atoms with van der Waals surface area (Å²) in [6.45, 7) is 2.91. The van der Waals surface area contributed by atoms with E-state index >= 15 is 0 Å². The van der Waals surface area contributed by atoms with Crippen LogP contribution in [0.3, 0.4) is 0 Å². The highest BCUT2D eigenvalue weighted by Gasteiger charge is 2.29. The summed E-state index contributed by atoms with van der Waals surface area (Å²) in [5.74, 6) is 1.70. The lowest BCUT2D eigenvalue weighted by Crippen LogP contribution is -2.31. The van der Waals surface area contributed by atoms with Crippen LogP contribution in [0.1, 0.15) is 50.8 Å². The van der Waals surface area contributed by atoms with Gasteiger partial charge in [-0.15, -0.1) is 0 Å². The Labute approximate surface area is 166 Å². The van der Waals surface area contributed by atoms with E-state index in [-0.39, 0.29) is 17.7 Å². The number of nitrogens with one attached hydrogen (secondary N) is 1.